The van der Waals surface area contributed by atoms with Gasteiger partial charge in [-0.25, -0.2) is 4.98 Å². The summed E-state index contributed by atoms with van der Waals surface area (Å²) in [5.41, 5.74) is 1.64. The predicted octanol–water partition coefficient (Wildman–Crippen LogP) is 4.60. The first-order chi connectivity index (χ1) is 8.47. The number of benzene rings is 1. The summed E-state index contributed by atoms with van der Waals surface area (Å²) in [6.45, 7) is 3.76. The van der Waals surface area contributed by atoms with Crippen LogP contribution in [0, 0.1) is 13.8 Å². The van der Waals surface area contributed by atoms with Crippen molar-refractivity contribution in [1.29, 1.82) is 0 Å². The molecule has 0 atom stereocenters. The first-order valence-corrected chi connectivity index (χ1v) is 7.37. The molecule has 0 saturated carbocycles. The normalized spacial score (nSPS) is 10.7. The first-order valence-electron chi connectivity index (χ1n) is 5.38. The highest BCUT2D eigenvalue weighted by atomic mass is 79.9. The molecule has 0 amide bonds. The van der Waals surface area contributed by atoms with Crippen molar-refractivity contribution in [3.05, 3.63) is 48.8 Å². The van der Waals surface area contributed by atoms with Crippen LogP contribution in [-0.4, -0.2) is 10.8 Å². The number of rotatable bonds is 3. The molecule has 2 rings (SSSR count). The van der Waals surface area contributed by atoms with Crippen molar-refractivity contribution < 1.29 is 4.79 Å². The lowest BCUT2D eigenvalue weighted by Crippen LogP contribution is -2.03. The van der Waals surface area contributed by atoms with Crippen molar-refractivity contribution in [2.45, 2.75) is 20.3 Å². The highest BCUT2D eigenvalue weighted by Gasteiger charge is 2.15. The van der Waals surface area contributed by atoms with E-state index in [0.29, 0.717) is 11.4 Å². The summed E-state index contributed by atoms with van der Waals surface area (Å²) in [6, 6.07) is 5.56. The van der Waals surface area contributed by atoms with Crippen molar-refractivity contribution in [2.75, 3.05) is 0 Å². The number of hydrogen-bond donors (Lipinski definition) is 0. The topological polar surface area (TPSA) is 30.0 Å². The van der Waals surface area contributed by atoms with Crippen molar-refractivity contribution in [1.82, 2.24) is 4.98 Å². The van der Waals surface area contributed by atoms with E-state index in [4.69, 9.17) is 11.6 Å². The summed E-state index contributed by atoms with van der Waals surface area (Å²) in [5.74, 6) is 0.0716. The van der Waals surface area contributed by atoms with Crippen LogP contribution in [-0.2, 0) is 6.42 Å². The minimum Gasteiger partial charge on any atom is -0.293 e. The van der Waals surface area contributed by atoms with Gasteiger partial charge in [0, 0.05) is 15.9 Å². The van der Waals surface area contributed by atoms with Crippen molar-refractivity contribution >= 4 is 44.7 Å². The Labute approximate surface area is 123 Å². The van der Waals surface area contributed by atoms with Gasteiger partial charge in [-0.3, -0.25) is 4.79 Å². The molecule has 0 aliphatic heterocycles. The highest BCUT2D eigenvalue weighted by Crippen LogP contribution is 2.25. The summed E-state index contributed by atoms with van der Waals surface area (Å²) in [7, 11) is 0. The van der Waals surface area contributed by atoms with E-state index >= 15 is 0 Å². The van der Waals surface area contributed by atoms with Crippen molar-refractivity contribution in [3.63, 3.8) is 0 Å². The van der Waals surface area contributed by atoms with Crippen LogP contribution >= 0.6 is 38.9 Å². The van der Waals surface area contributed by atoms with Crippen LogP contribution < -0.4 is 0 Å². The fourth-order valence-corrected chi connectivity index (χ4v) is 3.31. The van der Waals surface area contributed by atoms with Crippen molar-refractivity contribution in [3.8, 4) is 0 Å². The van der Waals surface area contributed by atoms with Gasteiger partial charge in [-0.15, -0.1) is 11.3 Å². The largest absolute Gasteiger partial charge is 0.293 e. The number of ketones is 1. The molecular formula is C13H11BrClNOS. The zero-order valence-electron chi connectivity index (χ0n) is 9.96. The summed E-state index contributed by atoms with van der Waals surface area (Å²) in [6.07, 6.45) is 0.314. The lowest BCUT2D eigenvalue weighted by molar-refractivity contribution is 0.0996. The van der Waals surface area contributed by atoms with E-state index < -0.39 is 0 Å². The van der Waals surface area contributed by atoms with Gasteiger partial charge in [0.2, 0.25) is 0 Å². The van der Waals surface area contributed by atoms with E-state index in [2.05, 4.69) is 20.9 Å². The first kappa shape index (κ1) is 13.7. The Morgan fingerprint density at radius 1 is 1.44 bits per heavy atom. The second-order valence-corrected chi connectivity index (χ2v) is 6.51. The van der Waals surface area contributed by atoms with Crippen LogP contribution in [0.15, 0.2) is 22.7 Å². The number of aromatic nitrogens is 1. The van der Waals surface area contributed by atoms with Gasteiger partial charge >= 0.3 is 0 Å². The Morgan fingerprint density at radius 2 is 2.17 bits per heavy atom. The summed E-state index contributed by atoms with van der Waals surface area (Å²) in [5, 5.41) is 1.52. The zero-order chi connectivity index (χ0) is 13.3. The van der Waals surface area contributed by atoms with Crippen molar-refractivity contribution in [2.24, 2.45) is 0 Å². The van der Waals surface area contributed by atoms with Gasteiger partial charge in [-0.05, 0) is 31.5 Å². The van der Waals surface area contributed by atoms with Crippen LogP contribution in [0.5, 0.6) is 0 Å². The molecule has 0 aliphatic rings. The molecule has 1 aromatic heterocycles. The van der Waals surface area contributed by atoms with Crippen LogP contribution in [0.4, 0.5) is 0 Å². The summed E-state index contributed by atoms with van der Waals surface area (Å²) in [4.78, 5) is 17.2. The molecule has 0 unspecified atom stereocenters. The molecule has 2 aromatic rings. The molecule has 5 heteroatoms. The minimum atomic E-state index is 0.0716. The molecule has 0 fully saturated rings. The molecule has 94 valence electrons. The summed E-state index contributed by atoms with van der Waals surface area (Å²) >= 11 is 10.9. The number of nitrogens with zero attached hydrogens (tertiary/aromatic N) is 1. The lowest BCUT2D eigenvalue weighted by Gasteiger charge is -2.03. The number of halogens is 2. The molecular weight excluding hydrogens is 334 g/mol. The van der Waals surface area contributed by atoms with E-state index in [0.717, 1.165) is 25.6 Å². The smallest absolute Gasteiger partial charge is 0.179 e. The number of aryl methyl sites for hydroxylation is 2. The monoisotopic (exact) mass is 343 g/mol. The molecule has 2 nitrogen and oxygen atoms in total. The van der Waals surface area contributed by atoms with E-state index in [1.54, 1.807) is 6.07 Å². The molecule has 0 radical (unpaired) electrons. The number of hydrogen-bond acceptors (Lipinski definition) is 3. The maximum absolute atomic E-state index is 12.2. The maximum Gasteiger partial charge on any atom is 0.179 e. The number of Topliss-reactive ketones (excluding diaryl/α,β-unsaturated/α-hetero) is 1. The molecule has 0 bridgehead atoms. The van der Waals surface area contributed by atoms with Gasteiger partial charge in [0.05, 0.1) is 15.6 Å². The van der Waals surface area contributed by atoms with Gasteiger partial charge in [0.1, 0.15) is 0 Å². The third-order valence-electron chi connectivity index (χ3n) is 2.52. The average Bonchev–Trinajstić information content (AvgIpc) is 2.62. The standard InChI is InChI=1S/C13H11BrClNOS/c1-7-13(18-8(2)16-7)12(17)5-9-3-4-10(14)6-11(9)15/h3-4,6H,5H2,1-2H3. The molecule has 1 aromatic carbocycles. The van der Waals surface area contributed by atoms with Gasteiger partial charge in [0.15, 0.2) is 5.78 Å². The Kier molecular flexibility index (Phi) is 4.20. The third kappa shape index (κ3) is 2.99. The quantitative estimate of drug-likeness (QED) is 0.762. The van der Waals surface area contributed by atoms with Gasteiger partial charge in [-0.2, -0.15) is 0 Å². The molecule has 0 N–H and O–H groups in total. The van der Waals surface area contributed by atoms with Crippen LogP contribution in [0.2, 0.25) is 5.02 Å². The number of carbonyl (C=O) groups is 1. The van der Waals surface area contributed by atoms with Gasteiger partial charge < -0.3 is 0 Å². The molecule has 0 saturated heterocycles. The number of carbonyl (C=O) groups excluding carboxylic acids is 1. The molecule has 0 aliphatic carbocycles. The highest BCUT2D eigenvalue weighted by molar-refractivity contribution is 9.10. The molecule has 0 spiro atoms. The average molecular weight is 345 g/mol. The van der Waals surface area contributed by atoms with E-state index in [9.17, 15) is 4.79 Å². The lowest BCUT2D eigenvalue weighted by atomic mass is 10.1. The van der Waals surface area contributed by atoms with Gasteiger partial charge in [-0.1, -0.05) is 33.6 Å². The Bertz CT molecular complexity index is 609. The maximum atomic E-state index is 12.2. The van der Waals surface area contributed by atoms with Crippen LogP contribution in [0.3, 0.4) is 0 Å². The van der Waals surface area contributed by atoms with Gasteiger partial charge in [0.25, 0.3) is 0 Å². The molecule has 18 heavy (non-hydrogen) atoms. The van der Waals surface area contributed by atoms with Crippen LogP contribution in [0.1, 0.15) is 25.9 Å². The third-order valence-corrected chi connectivity index (χ3v) is 4.48. The Morgan fingerprint density at radius 3 is 2.72 bits per heavy atom. The Hall–Kier alpha value is -0.710. The molecule has 1 heterocycles. The van der Waals surface area contributed by atoms with E-state index in [1.165, 1.54) is 11.3 Å². The SMILES string of the molecule is Cc1nc(C)c(C(=O)Cc2ccc(Br)cc2Cl)s1. The predicted molar refractivity (Wildman–Crippen MR) is 78.8 cm³/mol. The zero-order valence-corrected chi connectivity index (χ0v) is 13.1. The second-order valence-electron chi connectivity index (χ2n) is 3.98. The fraction of sp³-hybridized carbons (Fsp3) is 0.231. The number of thiazole rings is 1. The Balaban J connectivity index is 2.24. The van der Waals surface area contributed by atoms with E-state index in [-0.39, 0.29) is 5.78 Å². The summed E-state index contributed by atoms with van der Waals surface area (Å²) < 4.78 is 0.911. The second kappa shape index (κ2) is 5.51. The minimum absolute atomic E-state index is 0.0716. The van der Waals surface area contributed by atoms with E-state index in [1.807, 2.05) is 26.0 Å². The van der Waals surface area contributed by atoms with Crippen LogP contribution in [0.25, 0.3) is 0 Å². The fourth-order valence-electron chi connectivity index (χ4n) is 1.71.